The Morgan fingerprint density at radius 2 is 1.82 bits per heavy atom. The van der Waals surface area contributed by atoms with E-state index in [9.17, 15) is 10.2 Å². The van der Waals surface area contributed by atoms with Crippen LogP contribution in [0.3, 0.4) is 0 Å². The molecule has 2 nitrogen and oxygen atoms in total. The van der Waals surface area contributed by atoms with Crippen molar-refractivity contribution in [2.24, 2.45) is 0 Å². The molecule has 1 saturated carbocycles. The summed E-state index contributed by atoms with van der Waals surface area (Å²) in [5.74, 6) is 0. The van der Waals surface area contributed by atoms with Crippen LogP contribution in [-0.4, -0.2) is 21.9 Å². The highest BCUT2D eigenvalue weighted by Gasteiger charge is 2.30. The fourth-order valence-corrected chi connectivity index (χ4v) is 1.65. The smallest absolute Gasteiger partial charge is 0.0877 e. The molecule has 0 aromatic rings. The zero-order chi connectivity index (χ0) is 8.32. The zero-order valence-electron chi connectivity index (χ0n) is 7.21. The van der Waals surface area contributed by atoms with E-state index < -0.39 is 11.7 Å². The van der Waals surface area contributed by atoms with Crippen molar-refractivity contribution < 1.29 is 10.2 Å². The lowest BCUT2D eigenvalue weighted by atomic mass is 9.86. The van der Waals surface area contributed by atoms with Crippen molar-refractivity contribution in [1.29, 1.82) is 0 Å². The van der Waals surface area contributed by atoms with Gasteiger partial charge in [-0.25, -0.2) is 0 Å². The molecule has 0 amide bonds. The maximum Gasteiger partial charge on any atom is 0.0877 e. The van der Waals surface area contributed by atoms with E-state index in [1.807, 2.05) is 0 Å². The standard InChI is InChI=1S/C9H18O2/c1-9(11)7-5-3-2-4-6-8(9)10/h8,10-11H,2-7H2,1H3/t8-,9-/m0/s1. The van der Waals surface area contributed by atoms with Crippen LogP contribution in [0.1, 0.15) is 45.4 Å². The molecule has 1 rings (SSSR count). The Labute approximate surface area is 68.2 Å². The average Bonchev–Trinajstić information content (AvgIpc) is 1.93. The van der Waals surface area contributed by atoms with Crippen LogP contribution >= 0.6 is 0 Å². The molecule has 1 aliphatic carbocycles. The van der Waals surface area contributed by atoms with E-state index in [4.69, 9.17) is 0 Å². The van der Waals surface area contributed by atoms with Crippen LogP contribution in [0.25, 0.3) is 0 Å². The Morgan fingerprint density at radius 3 is 2.55 bits per heavy atom. The van der Waals surface area contributed by atoms with Gasteiger partial charge in [-0.15, -0.1) is 0 Å². The van der Waals surface area contributed by atoms with E-state index in [1.165, 1.54) is 12.8 Å². The summed E-state index contributed by atoms with van der Waals surface area (Å²) >= 11 is 0. The van der Waals surface area contributed by atoms with Gasteiger partial charge >= 0.3 is 0 Å². The summed E-state index contributed by atoms with van der Waals surface area (Å²) in [5.41, 5.74) is -0.833. The van der Waals surface area contributed by atoms with Crippen molar-refractivity contribution in [3.8, 4) is 0 Å². The monoisotopic (exact) mass is 158 g/mol. The summed E-state index contributed by atoms with van der Waals surface area (Å²) in [5, 5.41) is 19.2. The third-order valence-corrected chi connectivity index (χ3v) is 2.63. The van der Waals surface area contributed by atoms with Gasteiger partial charge in [0.15, 0.2) is 0 Å². The quantitative estimate of drug-likeness (QED) is 0.560. The number of hydrogen-bond acceptors (Lipinski definition) is 2. The second-order valence-electron chi connectivity index (χ2n) is 3.83. The van der Waals surface area contributed by atoms with Gasteiger partial charge < -0.3 is 10.2 Å². The average molecular weight is 158 g/mol. The first-order valence-electron chi connectivity index (χ1n) is 4.53. The minimum atomic E-state index is -0.833. The summed E-state index contributed by atoms with van der Waals surface area (Å²) < 4.78 is 0. The number of hydrogen-bond donors (Lipinski definition) is 2. The van der Waals surface area contributed by atoms with Gasteiger partial charge in [-0.05, 0) is 19.8 Å². The Hall–Kier alpha value is -0.0800. The molecule has 11 heavy (non-hydrogen) atoms. The van der Waals surface area contributed by atoms with Crippen molar-refractivity contribution >= 4 is 0 Å². The van der Waals surface area contributed by atoms with Gasteiger partial charge in [0.1, 0.15) is 0 Å². The van der Waals surface area contributed by atoms with Crippen molar-refractivity contribution in [3.63, 3.8) is 0 Å². The van der Waals surface area contributed by atoms with Crippen molar-refractivity contribution in [2.45, 2.75) is 57.2 Å². The van der Waals surface area contributed by atoms with E-state index in [2.05, 4.69) is 0 Å². The molecule has 0 spiro atoms. The molecule has 0 saturated heterocycles. The third-order valence-electron chi connectivity index (χ3n) is 2.63. The van der Waals surface area contributed by atoms with Gasteiger partial charge in [0, 0.05) is 0 Å². The molecule has 1 fully saturated rings. The molecule has 0 aliphatic heterocycles. The molecule has 0 bridgehead atoms. The number of aliphatic hydroxyl groups excluding tert-OH is 1. The molecule has 2 heteroatoms. The number of aliphatic hydroxyl groups is 2. The minimum absolute atomic E-state index is 0.511. The molecular formula is C9H18O2. The maximum atomic E-state index is 9.70. The Balaban J connectivity index is 2.47. The molecule has 0 unspecified atom stereocenters. The van der Waals surface area contributed by atoms with Crippen LogP contribution in [-0.2, 0) is 0 Å². The Kier molecular flexibility index (Phi) is 2.90. The van der Waals surface area contributed by atoms with E-state index in [0.29, 0.717) is 0 Å². The van der Waals surface area contributed by atoms with E-state index >= 15 is 0 Å². The molecule has 2 N–H and O–H groups in total. The van der Waals surface area contributed by atoms with Gasteiger partial charge in [-0.1, -0.05) is 25.7 Å². The van der Waals surface area contributed by atoms with Crippen molar-refractivity contribution in [3.05, 3.63) is 0 Å². The van der Waals surface area contributed by atoms with Crippen molar-refractivity contribution in [2.75, 3.05) is 0 Å². The summed E-state index contributed by atoms with van der Waals surface area (Å²) in [7, 11) is 0. The first kappa shape index (κ1) is 9.01. The van der Waals surface area contributed by atoms with E-state index in [0.717, 1.165) is 25.7 Å². The summed E-state index contributed by atoms with van der Waals surface area (Å²) in [6.45, 7) is 1.74. The zero-order valence-corrected chi connectivity index (χ0v) is 7.21. The lowest BCUT2D eigenvalue weighted by molar-refractivity contribution is -0.0754. The summed E-state index contributed by atoms with van der Waals surface area (Å²) in [6.07, 6.45) is 5.49. The molecule has 0 aromatic heterocycles. The number of rotatable bonds is 0. The van der Waals surface area contributed by atoms with Gasteiger partial charge in [0.2, 0.25) is 0 Å². The molecule has 0 heterocycles. The highest BCUT2D eigenvalue weighted by Crippen LogP contribution is 2.25. The van der Waals surface area contributed by atoms with Gasteiger partial charge in [0.05, 0.1) is 11.7 Å². The highest BCUT2D eigenvalue weighted by atomic mass is 16.3. The van der Waals surface area contributed by atoms with Crippen LogP contribution in [0.4, 0.5) is 0 Å². The van der Waals surface area contributed by atoms with E-state index in [-0.39, 0.29) is 0 Å². The van der Waals surface area contributed by atoms with Gasteiger partial charge in [-0.3, -0.25) is 0 Å². The molecular weight excluding hydrogens is 140 g/mol. The topological polar surface area (TPSA) is 40.5 Å². The minimum Gasteiger partial charge on any atom is -0.390 e. The predicted molar refractivity (Wildman–Crippen MR) is 44.3 cm³/mol. The highest BCUT2D eigenvalue weighted by molar-refractivity contribution is 4.82. The molecule has 1 aliphatic rings. The Morgan fingerprint density at radius 1 is 1.18 bits per heavy atom. The first-order valence-corrected chi connectivity index (χ1v) is 4.53. The summed E-state index contributed by atoms with van der Waals surface area (Å²) in [6, 6.07) is 0. The van der Waals surface area contributed by atoms with Crippen LogP contribution in [0.2, 0.25) is 0 Å². The molecule has 0 radical (unpaired) electrons. The fraction of sp³-hybridized carbons (Fsp3) is 1.00. The lowest BCUT2D eigenvalue weighted by Crippen LogP contribution is -2.39. The maximum absolute atomic E-state index is 9.70. The van der Waals surface area contributed by atoms with Crippen LogP contribution in [0.15, 0.2) is 0 Å². The summed E-state index contributed by atoms with van der Waals surface area (Å²) in [4.78, 5) is 0. The van der Waals surface area contributed by atoms with Gasteiger partial charge in [-0.2, -0.15) is 0 Å². The first-order chi connectivity index (χ1) is 5.13. The Bertz CT molecular complexity index is 121. The molecule has 2 atom stereocenters. The van der Waals surface area contributed by atoms with Crippen molar-refractivity contribution in [1.82, 2.24) is 0 Å². The third kappa shape index (κ3) is 2.46. The largest absolute Gasteiger partial charge is 0.390 e. The molecule has 66 valence electrons. The van der Waals surface area contributed by atoms with Gasteiger partial charge in [0.25, 0.3) is 0 Å². The normalized spacial score (nSPS) is 41.2. The second kappa shape index (κ2) is 3.55. The lowest BCUT2D eigenvalue weighted by Gasteiger charge is -2.30. The van der Waals surface area contributed by atoms with Crippen LogP contribution < -0.4 is 0 Å². The predicted octanol–water partition coefficient (Wildman–Crippen LogP) is 1.45. The SMILES string of the molecule is C[C@]1(O)CCCCCC[C@@H]1O. The molecule has 0 aromatic carbocycles. The van der Waals surface area contributed by atoms with Crippen LogP contribution in [0.5, 0.6) is 0 Å². The van der Waals surface area contributed by atoms with Crippen LogP contribution in [0, 0.1) is 0 Å². The van der Waals surface area contributed by atoms with E-state index in [1.54, 1.807) is 6.92 Å². The fourth-order valence-electron chi connectivity index (χ4n) is 1.65. The second-order valence-corrected chi connectivity index (χ2v) is 3.83.